The number of hydrogen-bond acceptors (Lipinski definition) is 1. The van der Waals surface area contributed by atoms with Crippen molar-refractivity contribution in [2.75, 3.05) is 0 Å². The minimum Gasteiger partial charge on any atom is -0.324 e. The van der Waals surface area contributed by atoms with E-state index < -0.39 is 0 Å². The van der Waals surface area contributed by atoms with Gasteiger partial charge in [0.25, 0.3) is 0 Å². The first-order valence-electron chi connectivity index (χ1n) is 5.10. The molecule has 13 heavy (non-hydrogen) atoms. The lowest BCUT2D eigenvalue weighted by atomic mass is 9.90. The second-order valence-corrected chi connectivity index (χ2v) is 3.51. The molecule has 0 bridgehead atoms. The lowest BCUT2D eigenvalue weighted by Crippen LogP contribution is -2.20. The van der Waals surface area contributed by atoms with Crippen LogP contribution in [0.15, 0.2) is 30.3 Å². The summed E-state index contributed by atoms with van der Waals surface area (Å²) in [4.78, 5) is 0. The highest BCUT2D eigenvalue weighted by molar-refractivity contribution is 5.19. The summed E-state index contributed by atoms with van der Waals surface area (Å²) in [6.07, 6.45) is 2.32. The molecule has 0 aromatic heterocycles. The van der Waals surface area contributed by atoms with Gasteiger partial charge in [-0.2, -0.15) is 0 Å². The summed E-state index contributed by atoms with van der Waals surface area (Å²) < 4.78 is 0. The van der Waals surface area contributed by atoms with Crippen molar-refractivity contribution in [2.24, 2.45) is 11.7 Å². The zero-order valence-corrected chi connectivity index (χ0v) is 8.53. The predicted molar refractivity (Wildman–Crippen MR) is 57.4 cm³/mol. The summed E-state index contributed by atoms with van der Waals surface area (Å²) in [6, 6.07) is 10.6. The maximum absolute atomic E-state index is 6.16. The summed E-state index contributed by atoms with van der Waals surface area (Å²) in [5, 5.41) is 0. The van der Waals surface area contributed by atoms with Gasteiger partial charge in [0.1, 0.15) is 0 Å². The van der Waals surface area contributed by atoms with Crippen molar-refractivity contribution in [3.63, 3.8) is 0 Å². The van der Waals surface area contributed by atoms with Gasteiger partial charge < -0.3 is 5.73 Å². The quantitative estimate of drug-likeness (QED) is 0.751. The van der Waals surface area contributed by atoms with Crippen LogP contribution in [0.1, 0.15) is 38.3 Å². The van der Waals surface area contributed by atoms with Crippen LogP contribution in [-0.2, 0) is 0 Å². The van der Waals surface area contributed by atoms with Crippen LogP contribution in [0.5, 0.6) is 0 Å². The highest BCUT2D eigenvalue weighted by atomic mass is 14.6. The Kier molecular flexibility index (Phi) is 3.97. The Hall–Kier alpha value is -0.820. The smallest absolute Gasteiger partial charge is 0.0323 e. The molecule has 0 radical (unpaired) electrons. The fraction of sp³-hybridized carbons (Fsp3) is 0.500. The van der Waals surface area contributed by atoms with Crippen molar-refractivity contribution in [1.29, 1.82) is 0 Å². The van der Waals surface area contributed by atoms with E-state index in [0.717, 1.165) is 12.8 Å². The first-order chi connectivity index (χ1) is 6.29. The third-order valence-electron chi connectivity index (χ3n) is 2.74. The van der Waals surface area contributed by atoms with Crippen LogP contribution in [0, 0.1) is 5.92 Å². The fourth-order valence-corrected chi connectivity index (χ4v) is 1.74. The minimum atomic E-state index is 0.205. The van der Waals surface area contributed by atoms with Crippen molar-refractivity contribution in [1.82, 2.24) is 0 Å². The average Bonchev–Trinajstić information content (AvgIpc) is 2.21. The molecule has 0 fully saturated rings. The summed E-state index contributed by atoms with van der Waals surface area (Å²) in [5.74, 6) is 0.613. The summed E-state index contributed by atoms with van der Waals surface area (Å²) in [7, 11) is 0. The van der Waals surface area contributed by atoms with E-state index in [2.05, 4.69) is 38.1 Å². The lowest BCUT2D eigenvalue weighted by Gasteiger charge is -2.21. The molecule has 0 aliphatic rings. The van der Waals surface area contributed by atoms with Gasteiger partial charge in [-0.05, 0) is 11.5 Å². The normalized spacial score (nSPS) is 13.2. The maximum Gasteiger partial charge on any atom is 0.0323 e. The molecule has 0 saturated heterocycles. The molecule has 2 N–H and O–H groups in total. The van der Waals surface area contributed by atoms with E-state index in [0.29, 0.717) is 5.92 Å². The number of benzene rings is 1. The van der Waals surface area contributed by atoms with Gasteiger partial charge in [-0.1, -0.05) is 57.0 Å². The highest BCUT2D eigenvalue weighted by Gasteiger charge is 2.14. The molecule has 1 nitrogen and oxygen atoms in total. The molecule has 0 saturated carbocycles. The molecular formula is C12H19N. The van der Waals surface area contributed by atoms with E-state index >= 15 is 0 Å². The van der Waals surface area contributed by atoms with Gasteiger partial charge in [-0.3, -0.25) is 0 Å². The van der Waals surface area contributed by atoms with E-state index in [1.165, 1.54) is 5.56 Å². The van der Waals surface area contributed by atoms with E-state index in [1.54, 1.807) is 0 Å². The standard InChI is InChI=1S/C12H19N/c1-3-10(4-2)12(13)11-8-6-5-7-9-11/h5-10,12H,3-4,13H2,1-2H3/t12-/m1/s1. The van der Waals surface area contributed by atoms with Gasteiger partial charge in [0.15, 0.2) is 0 Å². The van der Waals surface area contributed by atoms with Gasteiger partial charge in [0, 0.05) is 6.04 Å². The Balaban J connectivity index is 2.72. The SMILES string of the molecule is CCC(CC)[C@@H](N)c1ccccc1. The Morgan fingerprint density at radius 2 is 1.62 bits per heavy atom. The van der Waals surface area contributed by atoms with Crippen LogP contribution in [0.4, 0.5) is 0 Å². The first kappa shape index (κ1) is 10.3. The topological polar surface area (TPSA) is 26.0 Å². The average molecular weight is 177 g/mol. The van der Waals surface area contributed by atoms with Crippen LogP contribution in [0.25, 0.3) is 0 Å². The fourth-order valence-electron chi connectivity index (χ4n) is 1.74. The second-order valence-electron chi connectivity index (χ2n) is 3.51. The molecule has 1 aromatic rings. The zero-order valence-electron chi connectivity index (χ0n) is 8.53. The van der Waals surface area contributed by atoms with Gasteiger partial charge in [-0.15, -0.1) is 0 Å². The minimum absolute atomic E-state index is 0.205. The second kappa shape index (κ2) is 5.03. The van der Waals surface area contributed by atoms with Crippen LogP contribution >= 0.6 is 0 Å². The van der Waals surface area contributed by atoms with E-state index in [-0.39, 0.29) is 6.04 Å². The first-order valence-corrected chi connectivity index (χ1v) is 5.10. The van der Waals surface area contributed by atoms with E-state index in [4.69, 9.17) is 5.73 Å². The van der Waals surface area contributed by atoms with Crippen molar-refractivity contribution in [3.8, 4) is 0 Å². The van der Waals surface area contributed by atoms with Gasteiger partial charge in [0.2, 0.25) is 0 Å². The van der Waals surface area contributed by atoms with Crippen LogP contribution < -0.4 is 5.73 Å². The van der Waals surface area contributed by atoms with Crippen molar-refractivity contribution >= 4 is 0 Å². The summed E-state index contributed by atoms with van der Waals surface area (Å²) in [6.45, 7) is 4.41. The maximum atomic E-state index is 6.16. The van der Waals surface area contributed by atoms with Crippen LogP contribution in [0.2, 0.25) is 0 Å². The zero-order chi connectivity index (χ0) is 9.68. The van der Waals surface area contributed by atoms with Crippen molar-refractivity contribution < 1.29 is 0 Å². The Bertz CT molecular complexity index is 226. The molecule has 0 aliphatic heterocycles. The molecule has 0 unspecified atom stereocenters. The molecular weight excluding hydrogens is 158 g/mol. The largest absolute Gasteiger partial charge is 0.324 e. The third-order valence-corrected chi connectivity index (χ3v) is 2.74. The number of rotatable bonds is 4. The van der Waals surface area contributed by atoms with Gasteiger partial charge >= 0.3 is 0 Å². The van der Waals surface area contributed by atoms with Gasteiger partial charge in [-0.25, -0.2) is 0 Å². The molecule has 1 aromatic carbocycles. The summed E-state index contributed by atoms with van der Waals surface area (Å²) >= 11 is 0. The molecule has 0 spiro atoms. The molecule has 0 aliphatic carbocycles. The molecule has 0 heterocycles. The third kappa shape index (κ3) is 2.56. The van der Waals surface area contributed by atoms with E-state index in [9.17, 15) is 0 Å². The predicted octanol–water partition coefficient (Wildman–Crippen LogP) is 3.12. The van der Waals surface area contributed by atoms with Crippen LogP contribution in [0.3, 0.4) is 0 Å². The van der Waals surface area contributed by atoms with Crippen molar-refractivity contribution in [3.05, 3.63) is 35.9 Å². The van der Waals surface area contributed by atoms with Crippen LogP contribution in [-0.4, -0.2) is 0 Å². The number of hydrogen-bond donors (Lipinski definition) is 1. The molecule has 72 valence electrons. The lowest BCUT2D eigenvalue weighted by molar-refractivity contribution is 0.405. The number of nitrogens with two attached hydrogens (primary N) is 1. The molecule has 1 rings (SSSR count). The van der Waals surface area contributed by atoms with E-state index in [1.807, 2.05) is 6.07 Å². The molecule has 1 heteroatoms. The molecule has 0 amide bonds. The van der Waals surface area contributed by atoms with Gasteiger partial charge in [0.05, 0.1) is 0 Å². The monoisotopic (exact) mass is 177 g/mol. The molecule has 1 atom stereocenters. The Labute approximate surface area is 81.0 Å². The van der Waals surface area contributed by atoms with Crippen molar-refractivity contribution in [2.45, 2.75) is 32.7 Å². The Morgan fingerprint density at radius 1 is 1.08 bits per heavy atom. The highest BCUT2D eigenvalue weighted by Crippen LogP contribution is 2.24. The Morgan fingerprint density at radius 3 is 2.08 bits per heavy atom. The summed E-state index contributed by atoms with van der Waals surface area (Å²) in [5.41, 5.74) is 7.42.